The monoisotopic (exact) mass is 285 g/mol. The molecule has 104 valence electrons. The first-order chi connectivity index (χ1) is 8.85. The number of hydrogen-bond acceptors (Lipinski definition) is 5. The average Bonchev–Trinajstić information content (AvgIpc) is 2.64. The quantitative estimate of drug-likeness (QED) is 0.739. The number of phenols is 2. The maximum absolute atomic E-state index is 11.8. The highest BCUT2D eigenvalue weighted by atomic mass is 32.2. The van der Waals surface area contributed by atoms with Gasteiger partial charge < -0.3 is 15.5 Å². The van der Waals surface area contributed by atoms with Crippen molar-refractivity contribution < 1.29 is 23.4 Å². The fourth-order valence-electron chi connectivity index (χ4n) is 2.10. The zero-order valence-electron chi connectivity index (χ0n) is 10.2. The van der Waals surface area contributed by atoms with Crippen molar-refractivity contribution in [3.8, 4) is 11.5 Å². The number of sulfone groups is 1. The van der Waals surface area contributed by atoms with E-state index in [2.05, 4.69) is 5.32 Å². The SMILES string of the molecule is O=C(NCC1CCS(=O)(=O)C1)c1cc(O)cc(O)c1. The van der Waals surface area contributed by atoms with Gasteiger partial charge in [0.1, 0.15) is 11.5 Å². The maximum Gasteiger partial charge on any atom is 0.251 e. The van der Waals surface area contributed by atoms with E-state index in [1.165, 1.54) is 12.1 Å². The Bertz CT molecular complexity index is 576. The number of carbonyl (C=O) groups is 1. The Hall–Kier alpha value is -1.76. The second-order valence-corrected chi connectivity index (χ2v) is 6.95. The van der Waals surface area contributed by atoms with Crippen LogP contribution in [0.3, 0.4) is 0 Å². The molecule has 0 aliphatic carbocycles. The largest absolute Gasteiger partial charge is 0.508 e. The molecule has 1 heterocycles. The Morgan fingerprint density at radius 3 is 2.42 bits per heavy atom. The van der Waals surface area contributed by atoms with Gasteiger partial charge in [0, 0.05) is 18.2 Å². The predicted molar refractivity (Wildman–Crippen MR) is 68.9 cm³/mol. The minimum Gasteiger partial charge on any atom is -0.508 e. The van der Waals surface area contributed by atoms with E-state index in [1.807, 2.05) is 0 Å². The molecule has 1 fully saturated rings. The number of nitrogens with one attached hydrogen (secondary N) is 1. The molecule has 1 saturated heterocycles. The number of amides is 1. The van der Waals surface area contributed by atoms with E-state index in [1.54, 1.807) is 0 Å². The van der Waals surface area contributed by atoms with Gasteiger partial charge in [0.25, 0.3) is 5.91 Å². The average molecular weight is 285 g/mol. The standard InChI is InChI=1S/C12H15NO5S/c14-10-3-9(4-11(15)5-10)12(16)13-6-8-1-2-19(17,18)7-8/h3-5,8,14-15H,1-2,6-7H2,(H,13,16). The van der Waals surface area contributed by atoms with Gasteiger partial charge in [-0.3, -0.25) is 4.79 Å². The van der Waals surface area contributed by atoms with Gasteiger partial charge >= 0.3 is 0 Å². The number of aromatic hydroxyl groups is 2. The van der Waals surface area contributed by atoms with Crippen molar-refractivity contribution in [1.82, 2.24) is 5.32 Å². The summed E-state index contributed by atoms with van der Waals surface area (Å²) in [7, 11) is -2.95. The molecule has 0 saturated carbocycles. The van der Waals surface area contributed by atoms with E-state index in [0.29, 0.717) is 6.42 Å². The van der Waals surface area contributed by atoms with Crippen LogP contribution in [0.4, 0.5) is 0 Å². The molecule has 0 aromatic heterocycles. The summed E-state index contributed by atoms with van der Waals surface area (Å²) in [6.45, 7) is 0.272. The van der Waals surface area contributed by atoms with E-state index in [-0.39, 0.29) is 41.0 Å². The molecule has 7 heteroatoms. The molecular formula is C12H15NO5S. The zero-order chi connectivity index (χ0) is 14.0. The van der Waals surface area contributed by atoms with Crippen molar-refractivity contribution in [2.45, 2.75) is 6.42 Å². The molecule has 19 heavy (non-hydrogen) atoms. The molecule has 0 radical (unpaired) electrons. The highest BCUT2D eigenvalue weighted by Gasteiger charge is 2.28. The fourth-order valence-corrected chi connectivity index (χ4v) is 3.96. The van der Waals surface area contributed by atoms with Gasteiger partial charge in [-0.25, -0.2) is 8.42 Å². The van der Waals surface area contributed by atoms with Crippen molar-refractivity contribution in [2.24, 2.45) is 5.92 Å². The van der Waals surface area contributed by atoms with Crippen LogP contribution in [0.2, 0.25) is 0 Å². The van der Waals surface area contributed by atoms with Crippen LogP contribution in [-0.4, -0.2) is 42.6 Å². The lowest BCUT2D eigenvalue weighted by Gasteiger charge is -2.10. The van der Waals surface area contributed by atoms with E-state index in [4.69, 9.17) is 0 Å². The van der Waals surface area contributed by atoms with Crippen LogP contribution in [0.15, 0.2) is 18.2 Å². The van der Waals surface area contributed by atoms with Crippen molar-refractivity contribution in [1.29, 1.82) is 0 Å². The van der Waals surface area contributed by atoms with Gasteiger partial charge in [0.2, 0.25) is 0 Å². The van der Waals surface area contributed by atoms with E-state index in [0.717, 1.165) is 6.07 Å². The lowest BCUT2D eigenvalue weighted by Crippen LogP contribution is -2.29. The maximum atomic E-state index is 11.8. The van der Waals surface area contributed by atoms with Crippen molar-refractivity contribution in [3.05, 3.63) is 23.8 Å². The summed E-state index contributed by atoms with van der Waals surface area (Å²) in [5, 5.41) is 21.2. The summed E-state index contributed by atoms with van der Waals surface area (Å²) >= 11 is 0. The molecule has 0 bridgehead atoms. The van der Waals surface area contributed by atoms with Gasteiger partial charge in [-0.1, -0.05) is 0 Å². The Balaban J connectivity index is 1.95. The third-order valence-corrected chi connectivity index (χ3v) is 4.88. The third kappa shape index (κ3) is 3.60. The predicted octanol–water partition coefficient (Wildman–Crippen LogP) is 0.262. The molecule has 1 aliphatic heterocycles. The summed E-state index contributed by atoms with van der Waals surface area (Å²) in [5.74, 6) is -0.656. The number of rotatable bonds is 3. The Kier molecular flexibility index (Phi) is 3.66. The second-order valence-electron chi connectivity index (χ2n) is 4.72. The Morgan fingerprint density at radius 2 is 1.89 bits per heavy atom. The Morgan fingerprint density at radius 1 is 1.26 bits per heavy atom. The summed E-state index contributed by atoms with van der Waals surface area (Å²) in [5.41, 5.74) is 0.137. The molecule has 1 atom stereocenters. The van der Waals surface area contributed by atoms with Gasteiger partial charge in [-0.15, -0.1) is 0 Å². The lowest BCUT2D eigenvalue weighted by atomic mass is 10.1. The minimum absolute atomic E-state index is 0.0696. The van der Waals surface area contributed by atoms with Crippen molar-refractivity contribution >= 4 is 15.7 Å². The van der Waals surface area contributed by atoms with Crippen LogP contribution in [0.1, 0.15) is 16.8 Å². The van der Waals surface area contributed by atoms with Crippen molar-refractivity contribution in [3.63, 3.8) is 0 Å². The second kappa shape index (κ2) is 5.08. The fraction of sp³-hybridized carbons (Fsp3) is 0.417. The number of phenolic OH excluding ortho intramolecular Hbond substituents is 2. The number of carbonyl (C=O) groups excluding carboxylic acids is 1. The van der Waals surface area contributed by atoms with E-state index < -0.39 is 15.7 Å². The van der Waals surface area contributed by atoms with Crippen LogP contribution in [-0.2, 0) is 9.84 Å². The van der Waals surface area contributed by atoms with Crippen LogP contribution < -0.4 is 5.32 Å². The van der Waals surface area contributed by atoms with Gasteiger partial charge in [-0.2, -0.15) is 0 Å². The molecular weight excluding hydrogens is 270 g/mol. The van der Waals surface area contributed by atoms with E-state index >= 15 is 0 Å². The van der Waals surface area contributed by atoms with Gasteiger partial charge in [0.05, 0.1) is 11.5 Å². The van der Waals surface area contributed by atoms with Crippen LogP contribution in [0, 0.1) is 5.92 Å². The van der Waals surface area contributed by atoms with Crippen LogP contribution in [0.5, 0.6) is 11.5 Å². The number of hydrogen-bond donors (Lipinski definition) is 3. The first kappa shape index (κ1) is 13.7. The normalized spacial score (nSPS) is 21.2. The molecule has 1 aromatic rings. The summed E-state index contributed by atoms with van der Waals surface area (Å²) in [4.78, 5) is 11.8. The van der Waals surface area contributed by atoms with Crippen LogP contribution in [0.25, 0.3) is 0 Å². The number of benzene rings is 1. The first-order valence-corrected chi connectivity index (χ1v) is 7.69. The summed E-state index contributed by atoms with van der Waals surface area (Å²) in [6.07, 6.45) is 0.550. The molecule has 3 N–H and O–H groups in total. The molecule has 1 aromatic carbocycles. The molecule has 1 aliphatic rings. The smallest absolute Gasteiger partial charge is 0.251 e. The zero-order valence-corrected chi connectivity index (χ0v) is 11.0. The molecule has 2 rings (SSSR count). The van der Waals surface area contributed by atoms with Gasteiger partial charge in [-0.05, 0) is 24.5 Å². The first-order valence-electron chi connectivity index (χ1n) is 5.87. The minimum atomic E-state index is -2.95. The molecule has 1 amide bonds. The third-order valence-electron chi connectivity index (χ3n) is 3.04. The highest BCUT2D eigenvalue weighted by molar-refractivity contribution is 7.91. The van der Waals surface area contributed by atoms with Crippen molar-refractivity contribution in [2.75, 3.05) is 18.1 Å². The lowest BCUT2D eigenvalue weighted by molar-refractivity contribution is 0.0947. The topological polar surface area (TPSA) is 104 Å². The molecule has 1 unspecified atom stereocenters. The van der Waals surface area contributed by atoms with Crippen LogP contribution >= 0.6 is 0 Å². The highest BCUT2D eigenvalue weighted by Crippen LogP contribution is 2.21. The van der Waals surface area contributed by atoms with Gasteiger partial charge in [0.15, 0.2) is 9.84 Å². The molecule has 6 nitrogen and oxygen atoms in total. The summed E-state index contributed by atoms with van der Waals surface area (Å²) < 4.78 is 22.5. The van der Waals surface area contributed by atoms with E-state index in [9.17, 15) is 23.4 Å². The molecule has 0 spiro atoms. The summed E-state index contributed by atoms with van der Waals surface area (Å²) in [6, 6.07) is 3.60. The Labute approximate surface area is 111 Å².